The molecule has 0 saturated carbocycles. The van der Waals surface area contributed by atoms with Crippen molar-refractivity contribution in [2.45, 2.75) is 66.0 Å². The number of carbonyl (C=O) groups is 1. The number of nitrogens with one attached hydrogen (secondary N) is 1. The van der Waals surface area contributed by atoms with Crippen molar-refractivity contribution in [3.63, 3.8) is 0 Å². The number of nitrogens with zero attached hydrogens (tertiary/aromatic N) is 2. The number of ether oxygens (including phenoxy) is 1. The second-order valence-electron chi connectivity index (χ2n) is 7.81. The van der Waals surface area contributed by atoms with E-state index < -0.39 is 6.09 Å². The Morgan fingerprint density at radius 2 is 1.74 bits per heavy atom. The number of aromatic nitrogens is 2. The highest BCUT2D eigenvalue weighted by molar-refractivity contribution is 6.30. The summed E-state index contributed by atoms with van der Waals surface area (Å²) in [6, 6.07) is 9.09. The first kappa shape index (κ1) is 21.3. The fourth-order valence-corrected chi connectivity index (χ4v) is 2.84. The minimum Gasteiger partial charge on any atom is -0.444 e. The normalized spacial score (nSPS) is 12.7. The molecule has 0 aliphatic rings. The molecule has 1 N–H and O–H groups in total. The average molecular weight is 392 g/mol. The first-order valence-corrected chi connectivity index (χ1v) is 9.86. The van der Waals surface area contributed by atoms with Gasteiger partial charge in [-0.15, -0.1) is 0 Å². The molecule has 0 fully saturated rings. The number of benzene rings is 1. The van der Waals surface area contributed by atoms with Crippen LogP contribution in [0, 0.1) is 5.92 Å². The Bertz CT molecular complexity index is 751. The van der Waals surface area contributed by atoms with Gasteiger partial charge in [-0.2, -0.15) is 5.10 Å². The smallest absolute Gasteiger partial charge is 0.411 e. The molecule has 1 atom stereocenters. The van der Waals surface area contributed by atoms with Crippen LogP contribution in [-0.4, -0.2) is 22.0 Å². The Balaban J connectivity index is 2.11. The zero-order valence-electron chi connectivity index (χ0n) is 17.0. The van der Waals surface area contributed by atoms with Gasteiger partial charge >= 0.3 is 6.09 Å². The lowest BCUT2D eigenvalue weighted by atomic mass is 10.1. The molecule has 0 saturated heterocycles. The van der Waals surface area contributed by atoms with Crippen LogP contribution in [0.15, 0.2) is 30.3 Å². The van der Waals surface area contributed by atoms with Crippen molar-refractivity contribution in [1.82, 2.24) is 9.78 Å². The van der Waals surface area contributed by atoms with Gasteiger partial charge in [0, 0.05) is 16.4 Å². The van der Waals surface area contributed by atoms with E-state index in [0.717, 1.165) is 11.4 Å². The number of hydrogen-bond donors (Lipinski definition) is 1. The highest BCUT2D eigenvalue weighted by Gasteiger charge is 2.22. The Hall–Kier alpha value is -2.01. The maximum absolute atomic E-state index is 12.3. The highest BCUT2D eigenvalue weighted by Crippen LogP contribution is 2.23. The summed E-state index contributed by atoms with van der Waals surface area (Å²) in [6.07, 6.45) is -0.756. The van der Waals surface area contributed by atoms with E-state index in [0.29, 0.717) is 29.1 Å². The van der Waals surface area contributed by atoms with Crippen LogP contribution >= 0.6 is 11.6 Å². The molecule has 5 nitrogen and oxygen atoms in total. The monoisotopic (exact) mass is 391 g/mol. The van der Waals surface area contributed by atoms with E-state index in [2.05, 4.69) is 39.1 Å². The fourth-order valence-electron chi connectivity index (χ4n) is 2.72. The summed E-state index contributed by atoms with van der Waals surface area (Å²) >= 11 is 5.88. The predicted octanol–water partition coefficient (Wildman–Crippen LogP) is 6.06. The van der Waals surface area contributed by atoms with Gasteiger partial charge in [0.2, 0.25) is 0 Å². The molecule has 1 amide bonds. The van der Waals surface area contributed by atoms with Gasteiger partial charge in [0.15, 0.2) is 0 Å². The van der Waals surface area contributed by atoms with Gasteiger partial charge in [0.25, 0.3) is 0 Å². The van der Waals surface area contributed by atoms with E-state index in [-0.39, 0.29) is 12.0 Å². The SMILES string of the molecule is CC(C)c1cc(C(C)C)n(C[C@H](OC(=O)Nc2ccc(Cl)cc2)C(C)C)n1. The van der Waals surface area contributed by atoms with Crippen molar-refractivity contribution in [3.8, 4) is 0 Å². The van der Waals surface area contributed by atoms with E-state index in [1.165, 1.54) is 0 Å². The van der Waals surface area contributed by atoms with E-state index in [1.807, 2.05) is 18.5 Å². The summed E-state index contributed by atoms with van der Waals surface area (Å²) < 4.78 is 7.70. The van der Waals surface area contributed by atoms with E-state index in [1.54, 1.807) is 24.3 Å². The van der Waals surface area contributed by atoms with Crippen LogP contribution in [0.5, 0.6) is 0 Å². The number of anilines is 1. The van der Waals surface area contributed by atoms with Crippen LogP contribution in [0.25, 0.3) is 0 Å². The molecule has 0 radical (unpaired) electrons. The Morgan fingerprint density at radius 3 is 2.26 bits per heavy atom. The lowest BCUT2D eigenvalue weighted by Gasteiger charge is -2.23. The van der Waals surface area contributed by atoms with Crippen LogP contribution < -0.4 is 5.32 Å². The molecular formula is C21H30ClN3O2. The third kappa shape index (κ3) is 5.99. The van der Waals surface area contributed by atoms with Crippen molar-refractivity contribution in [2.75, 3.05) is 5.32 Å². The zero-order chi connectivity index (χ0) is 20.1. The molecule has 27 heavy (non-hydrogen) atoms. The molecule has 0 unspecified atom stereocenters. The number of rotatable bonds is 7. The summed E-state index contributed by atoms with van der Waals surface area (Å²) in [5.41, 5.74) is 2.87. The van der Waals surface area contributed by atoms with Gasteiger partial charge in [0.1, 0.15) is 6.10 Å². The van der Waals surface area contributed by atoms with E-state index in [9.17, 15) is 4.79 Å². The van der Waals surface area contributed by atoms with Crippen LogP contribution in [0.4, 0.5) is 10.5 Å². The Morgan fingerprint density at radius 1 is 1.11 bits per heavy atom. The molecule has 6 heteroatoms. The summed E-state index contributed by atoms with van der Waals surface area (Å²) in [4.78, 5) is 12.3. The van der Waals surface area contributed by atoms with E-state index in [4.69, 9.17) is 21.4 Å². The van der Waals surface area contributed by atoms with Crippen LogP contribution in [0.3, 0.4) is 0 Å². The molecule has 1 aromatic heterocycles. The zero-order valence-corrected chi connectivity index (χ0v) is 17.7. The maximum atomic E-state index is 12.3. The molecule has 2 aromatic rings. The van der Waals surface area contributed by atoms with Crippen molar-refractivity contribution in [2.24, 2.45) is 5.92 Å². The van der Waals surface area contributed by atoms with Crippen LogP contribution in [-0.2, 0) is 11.3 Å². The second kappa shape index (κ2) is 9.27. The molecule has 0 aliphatic heterocycles. The standard InChI is InChI=1S/C21H30ClN3O2/c1-13(2)18-11-19(14(3)4)25(24-18)12-20(15(5)6)27-21(26)23-17-9-7-16(22)8-10-17/h7-11,13-15,20H,12H2,1-6H3,(H,23,26)/t20-/m0/s1. The van der Waals surface area contributed by atoms with Crippen LogP contribution in [0.1, 0.15) is 64.8 Å². The first-order valence-electron chi connectivity index (χ1n) is 9.48. The lowest BCUT2D eigenvalue weighted by molar-refractivity contribution is 0.0672. The fraction of sp³-hybridized carbons (Fsp3) is 0.524. The summed E-state index contributed by atoms with van der Waals surface area (Å²) in [5, 5.41) is 8.12. The first-order chi connectivity index (χ1) is 12.7. The second-order valence-corrected chi connectivity index (χ2v) is 8.24. The third-order valence-electron chi connectivity index (χ3n) is 4.46. The maximum Gasteiger partial charge on any atom is 0.411 e. The van der Waals surface area contributed by atoms with Crippen molar-refractivity contribution in [3.05, 3.63) is 46.7 Å². The predicted molar refractivity (Wildman–Crippen MR) is 111 cm³/mol. The van der Waals surface area contributed by atoms with Gasteiger partial charge in [-0.3, -0.25) is 10.00 Å². The number of hydrogen-bond acceptors (Lipinski definition) is 3. The summed E-state index contributed by atoms with van der Waals surface area (Å²) in [6.45, 7) is 13.2. The average Bonchev–Trinajstić information content (AvgIpc) is 3.01. The minimum absolute atomic E-state index is 0.160. The molecule has 1 heterocycles. The minimum atomic E-state index is -0.474. The lowest BCUT2D eigenvalue weighted by Crippen LogP contribution is -2.31. The number of halogens is 1. The molecule has 148 valence electrons. The topological polar surface area (TPSA) is 56.1 Å². The van der Waals surface area contributed by atoms with Crippen LogP contribution in [0.2, 0.25) is 5.02 Å². The molecule has 0 aliphatic carbocycles. The van der Waals surface area contributed by atoms with Gasteiger partial charge in [-0.25, -0.2) is 4.79 Å². The molecule has 0 bridgehead atoms. The number of carbonyl (C=O) groups excluding carboxylic acids is 1. The molecule has 0 spiro atoms. The summed E-state index contributed by atoms with van der Waals surface area (Å²) in [5.74, 6) is 0.865. The van der Waals surface area contributed by atoms with Crippen molar-refractivity contribution < 1.29 is 9.53 Å². The van der Waals surface area contributed by atoms with Gasteiger partial charge in [-0.05, 0) is 48.1 Å². The highest BCUT2D eigenvalue weighted by atomic mass is 35.5. The quantitative estimate of drug-likeness (QED) is 0.624. The molecule has 2 rings (SSSR count). The van der Waals surface area contributed by atoms with Crippen molar-refractivity contribution in [1.29, 1.82) is 0 Å². The van der Waals surface area contributed by atoms with Crippen molar-refractivity contribution >= 4 is 23.4 Å². The molecular weight excluding hydrogens is 362 g/mol. The van der Waals surface area contributed by atoms with E-state index >= 15 is 0 Å². The summed E-state index contributed by atoms with van der Waals surface area (Å²) in [7, 11) is 0. The molecule has 1 aromatic carbocycles. The Labute approximate surface area is 167 Å². The number of amides is 1. The Kier molecular flexibility index (Phi) is 7.31. The third-order valence-corrected chi connectivity index (χ3v) is 4.71. The largest absolute Gasteiger partial charge is 0.444 e. The van der Waals surface area contributed by atoms with Gasteiger partial charge in [0.05, 0.1) is 12.2 Å². The van der Waals surface area contributed by atoms with Gasteiger partial charge < -0.3 is 4.74 Å². The van der Waals surface area contributed by atoms with Gasteiger partial charge in [-0.1, -0.05) is 53.1 Å².